The van der Waals surface area contributed by atoms with E-state index in [1.54, 1.807) is 16.7 Å². The predicted octanol–water partition coefficient (Wildman–Crippen LogP) is 0.906. The average molecular weight is 339 g/mol. The molecule has 0 atom stereocenters. The lowest BCUT2D eigenvalue weighted by atomic mass is 10.0. The topological polar surface area (TPSA) is 98.2 Å². The van der Waals surface area contributed by atoms with E-state index in [0.29, 0.717) is 51.9 Å². The van der Waals surface area contributed by atoms with Gasteiger partial charge in [-0.25, -0.2) is 4.79 Å². The summed E-state index contributed by atoms with van der Waals surface area (Å²) < 4.78 is 0. The van der Waals surface area contributed by atoms with Crippen LogP contribution in [0.3, 0.4) is 0 Å². The van der Waals surface area contributed by atoms with Crippen LogP contribution in [-0.2, 0) is 14.4 Å². The number of rotatable bonds is 6. The Morgan fingerprint density at radius 3 is 2.29 bits per heavy atom. The van der Waals surface area contributed by atoms with Crippen molar-refractivity contribution in [1.29, 1.82) is 0 Å². The number of hydrogen-bond donors (Lipinski definition) is 1. The summed E-state index contributed by atoms with van der Waals surface area (Å²) in [4.78, 5) is 51.4. The molecule has 4 amide bonds. The van der Waals surface area contributed by atoms with Crippen molar-refractivity contribution in [3.05, 3.63) is 0 Å². The maximum absolute atomic E-state index is 12.3. The Labute approximate surface area is 141 Å². The fraction of sp³-hybridized carbons (Fsp3) is 0.750. The highest BCUT2D eigenvalue weighted by atomic mass is 16.4. The third-order valence-corrected chi connectivity index (χ3v) is 4.68. The lowest BCUT2D eigenvalue weighted by molar-refractivity contribution is -0.137. The Morgan fingerprint density at radius 2 is 1.71 bits per heavy atom. The van der Waals surface area contributed by atoms with Crippen molar-refractivity contribution in [2.45, 2.75) is 51.5 Å². The van der Waals surface area contributed by atoms with Gasteiger partial charge in [-0.15, -0.1) is 0 Å². The number of amides is 4. The molecule has 2 rings (SSSR count). The molecule has 0 saturated carbocycles. The average Bonchev–Trinajstić information content (AvgIpc) is 2.95. The van der Waals surface area contributed by atoms with Crippen LogP contribution >= 0.6 is 0 Å². The summed E-state index contributed by atoms with van der Waals surface area (Å²) >= 11 is 0. The normalized spacial score (nSPS) is 19.0. The molecule has 0 aromatic rings. The first-order valence-electron chi connectivity index (χ1n) is 8.54. The number of carbonyl (C=O) groups is 4. The number of carbonyl (C=O) groups excluding carboxylic acids is 3. The number of carboxylic acid groups (broad SMARTS) is 1. The number of imide groups is 1. The maximum atomic E-state index is 12.3. The van der Waals surface area contributed by atoms with Crippen molar-refractivity contribution >= 4 is 23.8 Å². The number of urea groups is 1. The van der Waals surface area contributed by atoms with Gasteiger partial charge in [0.25, 0.3) is 0 Å². The molecule has 0 spiro atoms. The van der Waals surface area contributed by atoms with E-state index in [1.165, 1.54) is 4.90 Å². The van der Waals surface area contributed by atoms with Crippen LogP contribution in [0.1, 0.15) is 45.4 Å². The van der Waals surface area contributed by atoms with E-state index in [-0.39, 0.29) is 36.7 Å². The van der Waals surface area contributed by atoms with Gasteiger partial charge in [-0.2, -0.15) is 0 Å². The van der Waals surface area contributed by atoms with Crippen molar-refractivity contribution in [1.82, 2.24) is 14.7 Å². The summed E-state index contributed by atoms with van der Waals surface area (Å²) in [6.07, 6.45) is 2.33. The largest absolute Gasteiger partial charge is 0.481 e. The molecule has 0 aromatic heterocycles. The molecule has 2 aliphatic rings. The lowest BCUT2D eigenvalue weighted by Gasteiger charge is -2.36. The van der Waals surface area contributed by atoms with E-state index >= 15 is 0 Å². The highest BCUT2D eigenvalue weighted by Crippen LogP contribution is 2.22. The van der Waals surface area contributed by atoms with Crippen LogP contribution < -0.4 is 0 Å². The molecule has 0 bridgehead atoms. The summed E-state index contributed by atoms with van der Waals surface area (Å²) in [7, 11) is 0. The van der Waals surface area contributed by atoms with Gasteiger partial charge < -0.3 is 14.9 Å². The Balaban J connectivity index is 1.78. The summed E-state index contributed by atoms with van der Waals surface area (Å²) in [6.45, 7) is 3.89. The molecule has 24 heavy (non-hydrogen) atoms. The summed E-state index contributed by atoms with van der Waals surface area (Å²) in [6, 6.07) is -0.150. The predicted molar refractivity (Wildman–Crippen MR) is 85.2 cm³/mol. The Bertz CT molecular complexity index is 514. The van der Waals surface area contributed by atoms with Crippen molar-refractivity contribution in [2.24, 2.45) is 0 Å². The number of hydrogen-bond acceptors (Lipinski definition) is 4. The van der Waals surface area contributed by atoms with Gasteiger partial charge in [0, 0.05) is 51.5 Å². The summed E-state index contributed by atoms with van der Waals surface area (Å²) in [5, 5.41) is 8.61. The van der Waals surface area contributed by atoms with Crippen molar-refractivity contribution < 1.29 is 24.3 Å². The van der Waals surface area contributed by atoms with E-state index in [0.717, 1.165) is 0 Å². The van der Waals surface area contributed by atoms with Gasteiger partial charge in [0.1, 0.15) is 0 Å². The van der Waals surface area contributed by atoms with Crippen LogP contribution in [0.25, 0.3) is 0 Å². The number of likely N-dealkylation sites (tertiary alicyclic amines) is 1. The molecule has 8 nitrogen and oxygen atoms in total. The quantitative estimate of drug-likeness (QED) is 0.775. The van der Waals surface area contributed by atoms with Crippen LogP contribution in [0.15, 0.2) is 0 Å². The first-order valence-corrected chi connectivity index (χ1v) is 8.54. The zero-order valence-electron chi connectivity index (χ0n) is 14.1. The second-order valence-corrected chi connectivity index (χ2v) is 6.23. The van der Waals surface area contributed by atoms with Gasteiger partial charge in [-0.3, -0.25) is 19.3 Å². The number of aliphatic carboxylic acids is 1. The molecule has 0 radical (unpaired) electrons. The van der Waals surface area contributed by atoms with Gasteiger partial charge in [0.2, 0.25) is 11.8 Å². The van der Waals surface area contributed by atoms with E-state index in [1.807, 2.05) is 0 Å². The van der Waals surface area contributed by atoms with E-state index in [9.17, 15) is 19.2 Å². The van der Waals surface area contributed by atoms with Crippen LogP contribution in [0.5, 0.6) is 0 Å². The second kappa shape index (κ2) is 8.12. The van der Waals surface area contributed by atoms with Gasteiger partial charge in [0.05, 0.1) is 0 Å². The molecule has 8 heteroatoms. The Hall–Kier alpha value is -2.12. The van der Waals surface area contributed by atoms with Crippen LogP contribution in [0.4, 0.5) is 4.79 Å². The molecule has 0 aliphatic carbocycles. The smallest absolute Gasteiger partial charge is 0.327 e. The minimum Gasteiger partial charge on any atom is -0.481 e. The molecule has 2 fully saturated rings. The highest BCUT2D eigenvalue weighted by Gasteiger charge is 2.37. The van der Waals surface area contributed by atoms with Crippen LogP contribution in [0.2, 0.25) is 0 Å². The summed E-state index contributed by atoms with van der Waals surface area (Å²) in [5.41, 5.74) is 0. The lowest BCUT2D eigenvalue weighted by Crippen LogP contribution is -2.48. The van der Waals surface area contributed by atoms with E-state index < -0.39 is 5.97 Å². The minimum atomic E-state index is -0.889. The summed E-state index contributed by atoms with van der Waals surface area (Å²) in [5.74, 6) is -1.06. The maximum Gasteiger partial charge on any atom is 0.327 e. The number of carboxylic acids is 1. The molecular weight excluding hydrogens is 314 g/mol. The minimum absolute atomic E-state index is 0.00573. The molecule has 134 valence electrons. The van der Waals surface area contributed by atoms with Crippen molar-refractivity contribution in [3.63, 3.8) is 0 Å². The standard InChI is InChI=1S/C16H25N3O5/c1-2-13(20)19-11-10-18(16(19)24)12-6-8-17(9-7-12)14(21)4-3-5-15(22)23/h12H,2-11H2,1H3,(H,22,23). The number of piperidine rings is 1. The van der Waals surface area contributed by atoms with Gasteiger partial charge in [0.15, 0.2) is 0 Å². The monoisotopic (exact) mass is 339 g/mol. The third kappa shape index (κ3) is 4.24. The van der Waals surface area contributed by atoms with Crippen molar-refractivity contribution in [2.75, 3.05) is 26.2 Å². The zero-order valence-corrected chi connectivity index (χ0v) is 14.1. The van der Waals surface area contributed by atoms with E-state index in [2.05, 4.69) is 0 Å². The second-order valence-electron chi connectivity index (χ2n) is 6.23. The fourth-order valence-electron chi connectivity index (χ4n) is 3.29. The molecule has 2 aliphatic heterocycles. The van der Waals surface area contributed by atoms with Crippen LogP contribution in [-0.4, -0.2) is 75.8 Å². The van der Waals surface area contributed by atoms with Crippen molar-refractivity contribution in [3.8, 4) is 0 Å². The van der Waals surface area contributed by atoms with Crippen LogP contribution in [0, 0.1) is 0 Å². The van der Waals surface area contributed by atoms with Gasteiger partial charge in [-0.1, -0.05) is 6.92 Å². The Kier molecular flexibility index (Phi) is 6.16. The highest BCUT2D eigenvalue weighted by molar-refractivity contribution is 5.95. The van der Waals surface area contributed by atoms with E-state index in [4.69, 9.17) is 5.11 Å². The zero-order chi connectivity index (χ0) is 17.7. The SMILES string of the molecule is CCC(=O)N1CCN(C2CCN(C(=O)CCCC(=O)O)CC2)C1=O. The molecule has 2 heterocycles. The molecule has 0 unspecified atom stereocenters. The first-order chi connectivity index (χ1) is 11.4. The third-order valence-electron chi connectivity index (χ3n) is 4.68. The fourth-order valence-corrected chi connectivity index (χ4v) is 3.29. The first kappa shape index (κ1) is 18.2. The Morgan fingerprint density at radius 1 is 1.04 bits per heavy atom. The molecule has 2 saturated heterocycles. The number of nitrogens with zero attached hydrogens (tertiary/aromatic N) is 3. The molecular formula is C16H25N3O5. The molecule has 1 N–H and O–H groups in total. The van der Waals surface area contributed by atoms with Gasteiger partial charge >= 0.3 is 12.0 Å². The molecule has 0 aromatic carbocycles. The van der Waals surface area contributed by atoms with Gasteiger partial charge in [-0.05, 0) is 19.3 Å².